The molecule has 0 N–H and O–H groups in total. The van der Waals surface area contributed by atoms with E-state index in [1.165, 1.54) is 37.9 Å². The van der Waals surface area contributed by atoms with Crippen LogP contribution in [0.1, 0.15) is 39.0 Å². The van der Waals surface area contributed by atoms with Crippen LogP contribution in [-0.2, 0) is 9.47 Å². The van der Waals surface area contributed by atoms with E-state index in [1.807, 2.05) is 0 Å². The van der Waals surface area contributed by atoms with Crippen LogP contribution in [0.4, 0.5) is 0 Å². The Kier molecular flexibility index (Phi) is 6.28. The number of aliphatic imine (C=N–C) groups is 1. The zero-order valence-corrected chi connectivity index (χ0v) is 12.4. The van der Waals surface area contributed by atoms with E-state index in [9.17, 15) is 0 Å². The minimum Gasteiger partial charge on any atom is -0.374 e. The third-order valence-corrected chi connectivity index (χ3v) is 4.32. The highest BCUT2D eigenvalue weighted by Gasteiger charge is 2.36. The van der Waals surface area contributed by atoms with Crippen molar-refractivity contribution in [1.82, 2.24) is 0 Å². The summed E-state index contributed by atoms with van der Waals surface area (Å²) in [6.45, 7) is 9.73. The molecule has 0 amide bonds. The molecule has 0 aromatic rings. The lowest BCUT2D eigenvalue weighted by atomic mass is 10.1. The van der Waals surface area contributed by atoms with E-state index >= 15 is 0 Å². The standard InChI is InChI=1S/C15H29N2O2/c1-2-3-4-5-6-15-16-7-11-18-12-8-17(15)9-13-19-14-10-17/h2-14H2,1H3/q+1. The van der Waals surface area contributed by atoms with E-state index in [0.717, 1.165) is 57.1 Å². The molecule has 0 aromatic heterocycles. The largest absolute Gasteiger partial charge is 0.374 e. The maximum absolute atomic E-state index is 5.63. The molecule has 2 heterocycles. The smallest absolute Gasteiger partial charge is 0.198 e. The summed E-state index contributed by atoms with van der Waals surface area (Å²) in [6, 6.07) is 0. The fraction of sp³-hybridized carbons (Fsp3) is 0.933. The molecule has 19 heavy (non-hydrogen) atoms. The van der Waals surface area contributed by atoms with Gasteiger partial charge in [0, 0.05) is 6.42 Å². The first-order valence-corrected chi connectivity index (χ1v) is 7.93. The predicted octanol–water partition coefficient (Wildman–Crippen LogP) is 2.23. The monoisotopic (exact) mass is 269 g/mol. The van der Waals surface area contributed by atoms with Gasteiger partial charge in [0.25, 0.3) is 0 Å². The number of rotatable bonds is 5. The van der Waals surface area contributed by atoms with Crippen molar-refractivity contribution < 1.29 is 14.0 Å². The van der Waals surface area contributed by atoms with Crippen molar-refractivity contribution in [1.29, 1.82) is 0 Å². The second-order valence-electron chi connectivity index (χ2n) is 5.65. The number of amidine groups is 1. The summed E-state index contributed by atoms with van der Waals surface area (Å²) in [5, 5.41) is 0. The van der Waals surface area contributed by atoms with Gasteiger partial charge in [0.15, 0.2) is 5.84 Å². The zero-order chi connectivity index (χ0) is 13.4. The van der Waals surface area contributed by atoms with Crippen molar-refractivity contribution in [2.24, 2.45) is 4.99 Å². The van der Waals surface area contributed by atoms with E-state index in [0.29, 0.717) is 0 Å². The SMILES string of the molecule is CCCCCCC1=NCCOCC[N+]12CCOCC2. The molecule has 0 bridgehead atoms. The Morgan fingerprint density at radius 1 is 0.947 bits per heavy atom. The molecule has 0 aromatic carbocycles. The average Bonchev–Trinajstić information content (AvgIpc) is 2.43. The van der Waals surface area contributed by atoms with Crippen LogP contribution in [0.25, 0.3) is 0 Å². The van der Waals surface area contributed by atoms with Crippen LogP contribution in [0.2, 0.25) is 0 Å². The van der Waals surface area contributed by atoms with Gasteiger partial charge in [-0.1, -0.05) is 26.2 Å². The van der Waals surface area contributed by atoms with Crippen molar-refractivity contribution in [2.45, 2.75) is 39.0 Å². The molecule has 4 nitrogen and oxygen atoms in total. The Bertz CT molecular complexity index is 286. The number of morpholine rings is 1. The van der Waals surface area contributed by atoms with Crippen LogP contribution in [0.15, 0.2) is 4.99 Å². The first kappa shape index (κ1) is 14.9. The maximum atomic E-state index is 5.63. The minimum atomic E-state index is 0.787. The fourth-order valence-electron chi connectivity index (χ4n) is 3.06. The fourth-order valence-corrected chi connectivity index (χ4v) is 3.06. The quantitative estimate of drug-likeness (QED) is 0.566. The normalized spacial score (nSPS) is 23.7. The predicted molar refractivity (Wildman–Crippen MR) is 77.6 cm³/mol. The molecular weight excluding hydrogens is 240 g/mol. The summed E-state index contributed by atoms with van der Waals surface area (Å²) >= 11 is 0. The molecule has 1 fully saturated rings. The van der Waals surface area contributed by atoms with Gasteiger partial charge in [0.05, 0.1) is 33.0 Å². The highest BCUT2D eigenvalue weighted by molar-refractivity contribution is 5.75. The number of ether oxygens (including phenoxy) is 2. The molecule has 0 aliphatic carbocycles. The Balaban J connectivity index is 1.99. The van der Waals surface area contributed by atoms with Gasteiger partial charge in [-0.25, -0.2) is 4.99 Å². The lowest BCUT2D eigenvalue weighted by Gasteiger charge is -2.42. The molecule has 2 aliphatic heterocycles. The Hall–Kier alpha value is -0.450. The van der Waals surface area contributed by atoms with Crippen LogP contribution in [0.3, 0.4) is 0 Å². The zero-order valence-electron chi connectivity index (χ0n) is 12.4. The molecule has 1 spiro atoms. The lowest BCUT2D eigenvalue weighted by Crippen LogP contribution is -2.60. The number of nitrogens with zero attached hydrogens (tertiary/aromatic N) is 2. The van der Waals surface area contributed by atoms with E-state index in [4.69, 9.17) is 14.5 Å². The molecule has 0 radical (unpaired) electrons. The highest BCUT2D eigenvalue weighted by Crippen LogP contribution is 2.19. The minimum absolute atomic E-state index is 0.787. The van der Waals surface area contributed by atoms with Crippen LogP contribution in [0, 0.1) is 0 Å². The van der Waals surface area contributed by atoms with E-state index in [1.54, 1.807) is 0 Å². The van der Waals surface area contributed by atoms with Gasteiger partial charge in [-0.3, -0.25) is 4.48 Å². The molecule has 110 valence electrons. The lowest BCUT2D eigenvalue weighted by molar-refractivity contribution is -0.853. The van der Waals surface area contributed by atoms with Crippen LogP contribution in [-0.4, -0.2) is 62.9 Å². The van der Waals surface area contributed by atoms with Crippen molar-refractivity contribution in [3.8, 4) is 0 Å². The van der Waals surface area contributed by atoms with Crippen LogP contribution >= 0.6 is 0 Å². The number of hydrogen-bond acceptors (Lipinski definition) is 3. The molecule has 1 saturated heterocycles. The average molecular weight is 269 g/mol. The summed E-state index contributed by atoms with van der Waals surface area (Å²) < 4.78 is 12.2. The topological polar surface area (TPSA) is 30.8 Å². The van der Waals surface area contributed by atoms with Gasteiger partial charge in [-0.15, -0.1) is 0 Å². The first-order valence-electron chi connectivity index (χ1n) is 7.93. The van der Waals surface area contributed by atoms with Crippen LogP contribution in [0.5, 0.6) is 0 Å². The van der Waals surface area contributed by atoms with Gasteiger partial charge < -0.3 is 9.47 Å². The number of hydrogen-bond donors (Lipinski definition) is 0. The number of quaternary nitrogens is 1. The van der Waals surface area contributed by atoms with E-state index in [2.05, 4.69) is 6.92 Å². The van der Waals surface area contributed by atoms with E-state index < -0.39 is 0 Å². The highest BCUT2D eigenvalue weighted by atomic mass is 16.5. The van der Waals surface area contributed by atoms with Crippen molar-refractivity contribution >= 4 is 5.84 Å². The van der Waals surface area contributed by atoms with Crippen molar-refractivity contribution in [2.75, 3.05) is 52.6 Å². The Morgan fingerprint density at radius 3 is 2.32 bits per heavy atom. The van der Waals surface area contributed by atoms with Gasteiger partial charge >= 0.3 is 0 Å². The van der Waals surface area contributed by atoms with Crippen molar-refractivity contribution in [3.63, 3.8) is 0 Å². The molecule has 2 rings (SSSR count). The van der Waals surface area contributed by atoms with Gasteiger partial charge in [0.1, 0.15) is 19.6 Å². The molecule has 4 heteroatoms. The molecular formula is C15H29N2O2+. The molecule has 0 atom stereocenters. The summed E-state index contributed by atoms with van der Waals surface area (Å²) in [6.07, 6.45) is 6.44. The first-order chi connectivity index (χ1) is 9.37. The van der Waals surface area contributed by atoms with Gasteiger partial charge in [-0.05, 0) is 6.42 Å². The molecule has 0 unspecified atom stereocenters. The van der Waals surface area contributed by atoms with Gasteiger partial charge in [0.2, 0.25) is 0 Å². The van der Waals surface area contributed by atoms with Gasteiger partial charge in [-0.2, -0.15) is 0 Å². The van der Waals surface area contributed by atoms with Crippen molar-refractivity contribution in [3.05, 3.63) is 0 Å². The molecule has 2 aliphatic rings. The Morgan fingerprint density at radius 2 is 1.63 bits per heavy atom. The molecule has 0 saturated carbocycles. The summed E-state index contributed by atoms with van der Waals surface area (Å²) in [5.41, 5.74) is 0. The third kappa shape index (κ3) is 4.26. The third-order valence-electron chi connectivity index (χ3n) is 4.32. The maximum Gasteiger partial charge on any atom is 0.198 e. The Labute approximate surface area is 117 Å². The van der Waals surface area contributed by atoms with Crippen LogP contribution < -0.4 is 0 Å². The second kappa shape index (κ2) is 7.98. The summed E-state index contributed by atoms with van der Waals surface area (Å²) in [4.78, 5) is 4.87. The summed E-state index contributed by atoms with van der Waals surface area (Å²) in [7, 11) is 0. The number of unbranched alkanes of at least 4 members (excludes halogenated alkanes) is 3. The summed E-state index contributed by atoms with van der Waals surface area (Å²) in [5.74, 6) is 1.42. The van der Waals surface area contributed by atoms with E-state index in [-0.39, 0.29) is 0 Å². The second-order valence-corrected chi connectivity index (χ2v) is 5.65.